The van der Waals surface area contributed by atoms with Gasteiger partial charge in [0.15, 0.2) is 0 Å². The number of carboxylic acids is 1. The Morgan fingerprint density at radius 1 is 0.917 bits per heavy atom. The number of rotatable bonds is 8. The fourth-order valence-electron chi connectivity index (χ4n) is 4.72. The van der Waals surface area contributed by atoms with Gasteiger partial charge in [0, 0.05) is 30.8 Å². The summed E-state index contributed by atoms with van der Waals surface area (Å²) in [5.41, 5.74) is 6.59. The number of carbonyl (C=O) groups excluding carboxylic acids is 1. The van der Waals surface area contributed by atoms with Crippen molar-refractivity contribution in [3.63, 3.8) is 0 Å². The quantitative estimate of drug-likeness (QED) is 0.357. The monoisotopic (exact) mass is 481 g/mol. The SMILES string of the molecule is CCn1cc(CN(Cc2ccc(C(=O)O)cc2)C(=O)OCC2c3ccccc3-c3ccccc32)cn1. The molecule has 1 N–H and O–H groups in total. The zero-order chi connectivity index (χ0) is 25.1. The van der Waals surface area contributed by atoms with Crippen LogP contribution < -0.4 is 0 Å². The minimum absolute atomic E-state index is 0.0270. The number of nitrogens with zero attached hydrogens (tertiary/aromatic N) is 3. The Kier molecular flexibility index (Phi) is 6.54. The van der Waals surface area contributed by atoms with E-state index in [-0.39, 0.29) is 24.6 Å². The van der Waals surface area contributed by atoms with E-state index in [1.54, 1.807) is 35.4 Å². The number of amides is 1. The van der Waals surface area contributed by atoms with Crippen molar-refractivity contribution in [2.75, 3.05) is 6.61 Å². The zero-order valence-electron chi connectivity index (χ0n) is 20.0. The number of benzene rings is 3. The van der Waals surface area contributed by atoms with Crippen LogP contribution in [0.1, 0.15) is 45.5 Å². The van der Waals surface area contributed by atoms with E-state index in [1.165, 1.54) is 11.1 Å². The van der Waals surface area contributed by atoms with E-state index in [0.29, 0.717) is 6.54 Å². The summed E-state index contributed by atoms with van der Waals surface area (Å²) in [6.45, 7) is 3.59. The van der Waals surface area contributed by atoms with Crippen molar-refractivity contribution < 1.29 is 19.4 Å². The van der Waals surface area contributed by atoms with E-state index in [2.05, 4.69) is 29.4 Å². The first kappa shape index (κ1) is 23.4. The molecule has 0 unspecified atom stereocenters. The molecule has 0 saturated carbocycles. The van der Waals surface area contributed by atoms with Gasteiger partial charge in [0.05, 0.1) is 18.3 Å². The smallest absolute Gasteiger partial charge is 0.410 e. The first-order valence-electron chi connectivity index (χ1n) is 12.0. The second-order valence-electron chi connectivity index (χ2n) is 8.87. The van der Waals surface area contributed by atoms with Crippen molar-refractivity contribution in [2.45, 2.75) is 32.5 Å². The summed E-state index contributed by atoms with van der Waals surface area (Å²) in [5.74, 6) is -1.01. The van der Waals surface area contributed by atoms with Gasteiger partial charge >= 0.3 is 12.1 Å². The molecular weight excluding hydrogens is 454 g/mol. The van der Waals surface area contributed by atoms with Gasteiger partial charge in [-0.05, 0) is 46.9 Å². The van der Waals surface area contributed by atoms with Crippen molar-refractivity contribution >= 4 is 12.1 Å². The molecular formula is C29H27N3O4. The second-order valence-corrected chi connectivity index (χ2v) is 8.87. The topological polar surface area (TPSA) is 84.7 Å². The zero-order valence-corrected chi connectivity index (χ0v) is 20.0. The van der Waals surface area contributed by atoms with Crippen LogP contribution in [0.2, 0.25) is 0 Å². The minimum Gasteiger partial charge on any atom is -0.478 e. The third-order valence-corrected chi connectivity index (χ3v) is 6.55. The number of aryl methyl sites for hydroxylation is 1. The van der Waals surface area contributed by atoms with Gasteiger partial charge < -0.3 is 9.84 Å². The van der Waals surface area contributed by atoms with Crippen LogP contribution >= 0.6 is 0 Å². The van der Waals surface area contributed by atoms with Crippen LogP contribution in [0.3, 0.4) is 0 Å². The van der Waals surface area contributed by atoms with Gasteiger partial charge in [0.1, 0.15) is 6.61 Å². The highest BCUT2D eigenvalue weighted by Gasteiger charge is 2.30. The molecule has 36 heavy (non-hydrogen) atoms. The van der Waals surface area contributed by atoms with E-state index < -0.39 is 12.1 Å². The molecule has 0 aliphatic heterocycles. The van der Waals surface area contributed by atoms with Gasteiger partial charge in [-0.25, -0.2) is 9.59 Å². The first-order chi connectivity index (χ1) is 17.5. The number of aromatic nitrogens is 2. The maximum atomic E-state index is 13.4. The number of aromatic carboxylic acids is 1. The lowest BCUT2D eigenvalue weighted by molar-refractivity contribution is 0.0696. The van der Waals surface area contributed by atoms with Crippen LogP contribution in [-0.4, -0.2) is 38.5 Å². The maximum Gasteiger partial charge on any atom is 0.410 e. The summed E-state index contributed by atoms with van der Waals surface area (Å²) in [4.78, 5) is 26.2. The molecule has 0 bridgehead atoms. The summed E-state index contributed by atoms with van der Waals surface area (Å²) >= 11 is 0. The molecule has 3 aromatic carbocycles. The number of carbonyl (C=O) groups is 2. The number of ether oxygens (including phenoxy) is 1. The predicted molar refractivity (Wildman–Crippen MR) is 136 cm³/mol. The molecule has 7 nitrogen and oxygen atoms in total. The molecule has 0 atom stereocenters. The van der Waals surface area contributed by atoms with Gasteiger partial charge in [-0.1, -0.05) is 60.7 Å². The molecule has 182 valence electrons. The van der Waals surface area contributed by atoms with Gasteiger partial charge in [-0.2, -0.15) is 5.10 Å². The molecule has 1 aliphatic rings. The van der Waals surface area contributed by atoms with Crippen LogP contribution in [-0.2, 0) is 24.4 Å². The molecule has 7 heteroatoms. The lowest BCUT2D eigenvalue weighted by atomic mass is 9.98. The number of hydrogen-bond acceptors (Lipinski definition) is 4. The summed E-state index contributed by atoms with van der Waals surface area (Å²) in [5, 5.41) is 13.5. The Morgan fingerprint density at radius 3 is 2.11 bits per heavy atom. The van der Waals surface area contributed by atoms with Crippen molar-refractivity contribution in [1.29, 1.82) is 0 Å². The van der Waals surface area contributed by atoms with Crippen LogP contribution in [0.25, 0.3) is 11.1 Å². The predicted octanol–water partition coefficient (Wildman–Crippen LogP) is 5.55. The lowest BCUT2D eigenvalue weighted by Crippen LogP contribution is -2.31. The minimum atomic E-state index is -0.984. The molecule has 1 amide bonds. The average molecular weight is 482 g/mol. The van der Waals surface area contributed by atoms with Crippen LogP contribution in [0.15, 0.2) is 85.2 Å². The molecule has 1 aromatic heterocycles. The molecule has 4 aromatic rings. The van der Waals surface area contributed by atoms with Crippen LogP contribution in [0.5, 0.6) is 0 Å². The van der Waals surface area contributed by atoms with Gasteiger partial charge in [-0.3, -0.25) is 9.58 Å². The summed E-state index contributed by atoms with van der Waals surface area (Å²) in [6, 6.07) is 23.0. The van der Waals surface area contributed by atoms with Gasteiger partial charge in [0.25, 0.3) is 0 Å². The molecule has 0 radical (unpaired) electrons. The highest BCUT2D eigenvalue weighted by atomic mass is 16.6. The van der Waals surface area contributed by atoms with E-state index >= 15 is 0 Å². The molecule has 1 aliphatic carbocycles. The van der Waals surface area contributed by atoms with E-state index in [1.807, 2.05) is 42.1 Å². The fraction of sp³-hybridized carbons (Fsp3) is 0.207. The summed E-state index contributed by atoms with van der Waals surface area (Å²) < 4.78 is 7.72. The Hall–Kier alpha value is -4.39. The van der Waals surface area contributed by atoms with E-state index in [9.17, 15) is 14.7 Å². The van der Waals surface area contributed by atoms with E-state index in [0.717, 1.165) is 28.8 Å². The Morgan fingerprint density at radius 2 is 1.53 bits per heavy atom. The lowest BCUT2D eigenvalue weighted by Gasteiger charge is -2.23. The van der Waals surface area contributed by atoms with Crippen molar-refractivity contribution in [1.82, 2.24) is 14.7 Å². The highest BCUT2D eigenvalue weighted by molar-refractivity contribution is 5.87. The highest BCUT2D eigenvalue weighted by Crippen LogP contribution is 2.44. The van der Waals surface area contributed by atoms with Crippen molar-refractivity contribution in [2.24, 2.45) is 0 Å². The van der Waals surface area contributed by atoms with E-state index in [4.69, 9.17) is 4.74 Å². The fourth-order valence-corrected chi connectivity index (χ4v) is 4.72. The Balaban J connectivity index is 1.35. The normalized spacial score (nSPS) is 12.1. The standard InChI is InChI=1S/C29H27N3O4/c1-2-32-18-21(15-30-32)17-31(16-20-11-13-22(14-12-20)28(33)34)29(35)36-19-27-25-9-5-3-7-23(25)24-8-4-6-10-26(24)27/h3-15,18,27H,2,16-17,19H2,1H3,(H,33,34). The first-order valence-corrected chi connectivity index (χ1v) is 12.0. The molecule has 0 fully saturated rings. The second kappa shape index (κ2) is 10.1. The van der Waals surface area contributed by atoms with Gasteiger partial charge in [0.2, 0.25) is 0 Å². The van der Waals surface area contributed by atoms with Crippen LogP contribution in [0.4, 0.5) is 4.79 Å². The Labute approximate surface area is 209 Å². The Bertz CT molecular complexity index is 1350. The third kappa shape index (κ3) is 4.73. The van der Waals surface area contributed by atoms with Crippen LogP contribution in [0, 0.1) is 0 Å². The number of fused-ring (bicyclic) bond motifs is 3. The summed E-state index contributed by atoms with van der Waals surface area (Å²) in [7, 11) is 0. The summed E-state index contributed by atoms with van der Waals surface area (Å²) in [6.07, 6.45) is 3.24. The third-order valence-electron chi connectivity index (χ3n) is 6.55. The molecule has 1 heterocycles. The van der Waals surface area contributed by atoms with Gasteiger partial charge in [-0.15, -0.1) is 0 Å². The molecule has 5 rings (SSSR count). The largest absolute Gasteiger partial charge is 0.478 e. The van der Waals surface area contributed by atoms with Crippen molar-refractivity contribution in [3.8, 4) is 11.1 Å². The van der Waals surface area contributed by atoms with Crippen molar-refractivity contribution in [3.05, 3.63) is 113 Å². The number of hydrogen-bond donors (Lipinski definition) is 1. The number of carboxylic acid groups (broad SMARTS) is 1. The maximum absolute atomic E-state index is 13.4. The molecule has 0 spiro atoms. The molecule has 0 saturated heterocycles. The average Bonchev–Trinajstić information content (AvgIpc) is 3.49.